The van der Waals surface area contributed by atoms with Gasteiger partial charge in [-0.05, 0) is 56.3 Å². The molecule has 0 saturated heterocycles. The number of ketones is 1. The van der Waals surface area contributed by atoms with Gasteiger partial charge in [0.1, 0.15) is 12.1 Å². The van der Waals surface area contributed by atoms with Gasteiger partial charge in [0, 0.05) is 17.3 Å². The molecular weight excluding hydrogens is 344 g/mol. The molecule has 4 bridgehead atoms. The van der Waals surface area contributed by atoms with Crippen molar-refractivity contribution >= 4 is 12.1 Å². The van der Waals surface area contributed by atoms with Crippen LogP contribution in [-0.2, 0) is 9.59 Å². The number of aldehydes is 1. The predicted octanol–water partition coefficient (Wildman–Crippen LogP) is 6.70. The van der Waals surface area contributed by atoms with Gasteiger partial charge in [0.15, 0.2) is 0 Å². The van der Waals surface area contributed by atoms with Gasteiger partial charge < -0.3 is 4.79 Å². The van der Waals surface area contributed by atoms with Crippen LogP contribution in [0, 0.1) is 35.0 Å². The van der Waals surface area contributed by atoms with Crippen LogP contribution in [0.25, 0.3) is 0 Å². The normalized spacial score (nSPS) is 37.2. The summed E-state index contributed by atoms with van der Waals surface area (Å²) in [4.78, 5) is 23.2. The Kier molecular flexibility index (Phi) is 7.71. The number of rotatable bonds is 9. The second kappa shape index (κ2) is 10.0. The van der Waals surface area contributed by atoms with Crippen molar-refractivity contribution < 1.29 is 9.59 Å². The Morgan fingerprint density at radius 2 is 1.68 bits per heavy atom. The van der Waals surface area contributed by atoms with Gasteiger partial charge in [0.05, 0.1) is 0 Å². The van der Waals surface area contributed by atoms with E-state index in [1.807, 2.05) is 0 Å². The molecule has 0 amide bonds. The van der Waals surface area contributed by atoms with Crippen LogP contribution >= 0.6 is 0 Å². The number of allylic oxidation sites excluding steroid dienone is 4. The number of Topliss-reactive ketones (excluding diaryl/α,β-unsaturated/α-hetero) is 1. The molecule has 0 spiro atoms. The third-order valence-electron chi connectivity index (χ3n) is 7.72. The maximum Gasteiger partial charge on any atom is 0.142 e. The lowest BCUT2D eigenvalue weighted by Crippen LogP contribution is -2.28. The van der Waals surface area contributed by atoms with Crippen LogP contribution in [0.5, 0.6) is 0 Å². The van der Waals surface area contributed by atoms with Crippen LogP contribution in [0.15, 0.2) is 24.3 Å². The van der Waals surface area contributed by atoms with Crippen LogP contribution in [0.2, 0.25) is 0 Å². The van der Waals surface area contributed by atoms with Crippen molar-refractivity contribution in [1.29, 1.82) is 0 Å². The zero-order valence-electron chi connectivity index (χ0n) is 18.1. The molecule has 6 atom stereocenters. The van der Waals surface area contributed by atoms with E-state index in [1.165, 1.54) is 51.2 Å². The highest BCUT2D eigenvalue weighted by atomic mass is 16.1. The van der Waals surface area contributed by atoms with Gasteiger partial charge in [0.2, 0.25) is 0 Å². The average Bonchev–Trinajstić information content (AvgIpc) is 3.42. The molecule has 4 aliphatic carbocycles. The van der Waals surface area contributed by atoms with Crippen molar-refractivity contribution in [2.45, 2.75) is 90.9 Å². The van der Waals surface area contributed by atoms with Gasteiger partial charge in [0.25, 0.3) is 0 Å². The number of carbonyl (C=O) groups excluding carboxylic acids is 2. The first-order chi connectivity index (χ1) is 13.6. The molecule has 4 aliphatic rings. The molecule has 156 valence electrons. The van der Waals surface area contributed by atoms with Crippen LogP contribution in [-0.4, -0.2) is 12.1 Å². The maximum atomic E-state index is 11.9. The Labute approximate surface area is 172 Å². The number of hydrogen-bond donors (Lipinski definition) is 0. The highest BCUT2D eigenvalue weighted by Crippen LogP contribution is 2.53. The Balaban J connectivity index is 0.000000161. The third-order valence-corrected chi connectivity index (χ3v) is 7.72. The number of carbonyl (C=O) groups is 2. The molecule has 0 aromatic rings. The van der Waals surface area contributed by atoms with Crippen molar-refractivity contribution in [3.63, 3.8) is 0 Å². The van der Waals surface area contributed by atoms with Crippen molar-refractivity contribution in [1.82, 2.24) is 0 Å². The Hall–Kier alpha value is -1.18. The smallest absolute Gasteiger partial charge is 0.142 e. The fraction of sp³-hybridized carbons (Fsp3) is 0.769. The molecule has 0 N–H and O–H groups in total. The van der Waals surface area contributed by atoms with Gasteiger partial charge in [-0.1, -0.05) is 76.7 Å². The molecule has 2 nitrogen and oxygen atoms in total. The van der Waals surface area contributed by atoms with Gasteiger partial charge in [-0.15, -0.1) is 0 Å². The molecule has 6 unspecified atom stereocenters. The lowest BCUT2D eigenvalue weighted by atomic mass is 9.73. The molecule has 0 aromatic carbocycles. The first-order valence-electron chi connectivity index (χ1n) is 12.0. The molecule has 0 aromatic heterocycles. The zero-order valence-corrected chi connectivity index (χ0v) is 18.1. The molecule has 28 heavy (non-hydrogen) atoms. The van der Waals surface area contributed by atoms with Crippen molar-refractivity contribution in [2.75, 3.05) is 0 Å². The second-order valence-corrected chi connectivity index (χ2v) is 9.82. The minimum atomic E-state index is 0.0363. The summed E-state index contributed by atoms with van der Waals surface area (Å²) in [5, 5.41) is 0. The van der Waals surface area contributed by atoms with E-state index < -0.39 is 0 Å². The zero-order chi connectivity index (χ0) is 20.0. The lowest BCUT2D eigenvalue weighted by Gasteiger charge is -2.29. The first kappa shape index (κ1) is 21.5. The minimum Gasteiger partial charge on any atom is -0.303 e. The first-order valence-corrected chi connectivity index (χ1v) is 12.0. The monoisotopic (exact) mass is 384 g/mol. The highest BCUT2D eigenvalue weighted by molar-refractivity contribution is 5.86. The Bertz CT molecular complexity index is 589. The summed E-state index contributed by atoms with van der Waals surface area (Å²) in [6, 6.07) is 0. The van der Waals surface area contributed by atoms with Gasteiger partial charge >= 0.3 is 0 Å². The summed E-state index contributed by atoms with van der Waals surface area (Å²) < 4.78 is 0. The van der Waals surface area contributed by atoms with E-state index >= 15 is 0 Å². The standard InChI is InChI=1S/2C13H20O/c1-2-3-4-7-13(10-14)9-11-5-6-12(13)8-11;1-2-3-4-5-11-8-10-6-7-12(9-10)13(11)14/h5-6,10-12H,2-4,7-9H2,1H3;6-7,10-12H,2-5,8-9H2,1H3. The highest BCUT2D eigenvalue weighted by Gasteiger charge is 2.47. The van der Waals surface area contributed by atoms with E-state index in [0.29, 0.717) is 29.5 Å². The summed E-state index contributed by atoms with van der Waals surface area (Å²) in [6.07, 6.45) is 24.7. The van der Waals surface area contributed by atoms with Crippen LogP contribution in [0.3, 0.4) is 0 Å². The van der Waals surface area contributed by atoms with Gasteiger partial charge in [-0.25, -0.2) is 0 Å². The topological polar surface area (TPSA) is 34.1 Å². The average molecular weight is 385 g/mol. The number of fused-ring (bicyclic) bond motifs is 4. The molecule has 0 radical (unpaired) electrons. The van der Waals surface area contributed by atoms with E-state index in [2.05, 4.69) is 38.2 Å². The van der Waals surface area contributed by atoms with Crippen LogP contribution < -0.4 is 0 Å². The summed E-state index contributed by atoms with van der Waals surface area (Å²) in [5.74, 6) is 3.23. The van der Waals surface area contributed by atoms with E-state index in [0.717, 1.165) is 38.0 Å². The van der Waals surface area contributed by atoms with E-state index in [4.69, 9.17) is 0 Å². The fourth-order valence-corrected chi connectivity index (χ4v) is 6.02. The summed E-state index contributed by atoms with van der Waals surface area (Å²) in [6.45, 7) is 4.43. The van der Waals surface area contributed by atoms with Crippen molar-refractivity contribution in [2.24, 2.45) is 35.0 Å². The molecular formula is C26H40O2. The van der Waals surface area contributed by atoms with E-state index in [1.54, 1.807) is 0 Å². The fourth-order valence-electron chi connectivity index (χ4n) is 6.02. The molecule has 0 heterocycles. The van der Waals surface area contributed by atoms with E-state index in [-0.39, 0.29) is 5.41 Å². The minimum absolute atomic E-state index is 0.0363. The van der Waals surface area contributed by atoms with Crippen LogP contribution in [0.1, 0.15) is 90.9 Å². The Morgan fingerprint density at radius 3 is 2.32 bits per heavy atom. The number of hydrogen-bond acceptors (Lipinski definition) is 2. The summed E-state index contributed by atoms with van der Waals surface area (Å²) >= 11 is 0. The van der Waals surface area contributed by atoms with Gasteiger partial charge in [-0.2, -0.15) is 0 Å². The quantitative estimate of drug-likeness (QED) is 0.252. The number of unbranched alkanes of at least 4 members (excludes halogenated alkanes) is 4. The van der Waals surface area contributed by atoms with Crippen molar-refractivity contribution in [3.8, 4) is 0 Å². The lowest BCUT2D eigenvalue weighted by molar-refractivity contribution is -0.128. The SMILES string of the molecule is CCCCCC1(C=O)CC2C=CC1C2.CCCCCC1CC2C=CC(C2)C1=O. The second-order valence-electron chi connectivity index (χ2n) is 9.82. The molecule has 2 saturated carbocycles. The molecule has 2 heteroatoms. The van der Waals surface area contributed by atoms with E-state index in [9.17, 15) is 9.59 Å². The summed E-state index contributed by atoms with van der Waals surface area (Å²) in [5.41, 5.74) is 0.0363. The maximum absolute atomic E-state index is 11.9. The Morgan fingerprint density at radius 1 is 0.929 bits per heavy atom. The van der Waals surface area contributed by atoms with Crippen LogP contribution in [0.4, 0.5) is 0 Å². The summed E-state index contributed by atoms with van der Waals surface area (Å²) in [7, 11) is 0. The predicted molar refractivity (Wildman–Crippen MR) is 116 cm³/mol. The third kappa shape index (κ3) is 4.86. The molecule has 4 rings (SSSR count). The van der Waals surface area contributed by atoms with Crippen molar-refractivity contribution in [3.05, 3.63) is 24.3 Å². The van der Waals surface area contributed by atoms with Gasteiger partial charge in [-0.3, -0.25) is 4.79 Å². The largest absolute Gasteiger partial charge is 0.303 e. The molecule has 0 aliphatic heterocycles. The molecule has 2 fully saturated rings.